The highest BCUT2D eigenvalue weighted by Crippen LogP contribution is 2.32. The van der Waals surface area contributed by atoms with Crippen molar-refractivity contribution in [1.29, 1.82) is 0 Å². The summed E-state index contributed by atoms with van der Waals surface area (Å²) < 4.78 is 0. The second-order valence-electron chi connectivity index (χ2n) is 5.79. The molecule has 3 nitrogen and oxygen atoms in total. The van der Waals surface area contributed by atoms with E-state index in [4.69, 9.17) is 0 Å². The molecule has 0 radical (unpaired) electrons. The van der Waals surface area contributed by atoms with Crippen LogP contribution in [0.25, 0.3) is 0 Å². The zero-order valence-corrected chi connectivity index (χ0v) is 11.2. The molecule has 1 aromatic carbocycles. The molecule has 1 aliphatic carbocycles. The highest BCUT2D eigenvalue weighted by Gasteiger charge is 2.35. The summed E-state index contributed by atoms with van der Waals surface area (Å²) in [5, 5.41) is 9.41. The molecule has 1 heterocycles. The van der Waals surface area contributed by atoms with E-state index in [9.17, 15) is 9.90 Å². The highest BCUT2D eigenvalue weighted by atomic mass is 16.4. The van der Waals surface area contributed by atoms with Gasteiger partial charge in [-0.3, -0.25) is 9.69 Å². The number of hydrogen-bond acceptors (Lipinski definition) is 2. The van der Waals surface area contributed by atoms with Gasteiger partial charge in [0, 0.05) is 19.1 Å². The third kappa shape index (κ3) is 2.52. The molecular formula is C16H21NO2. The molecule has 0 bridgehead atoms. The molecule has 2 atom stereocenters. The average molecular weight is 259 g/mol. The first kappa shape index (κ1) is 12.7. The van der Waals surface area contributed by atoms with Gasteiger partial charge < -0.3 is 5.11 Å². The first-order chi connectivity index (χ1) is 9.25. The first-order valence-corrected chi connectivity index (χ1v) is 7.29. The van der Waals surface area contributed by atoms with Gasteiger partial charge in [0.1, 0.15) is 0 Å². The van der Waals surface area contributed by atoms with Crippen molar-refractivity contribution in [2.75, 3.05) is 6.54 Å². The number of hydrogen-bond donors (Lipinski definition) is 1. The second kappa shape index (κ2) is 5.33. The Balaban J connectivity index is 1.78. The Morgan fingerprint density at radius 1 is 1.16 bits per heavy atom. The lowest BCUT2D eigenvalue weighted by Gasteiger charge is -2.40. The van der Waals surface area contributed by atoms with E-state index >= 15 is 0 Å². The van der Waals surface area contributed by atoms with E-state index in [2.05, 4.69) is 29.2 Å². The van der Waals surface area contributed by atoms with E-state index in [1.165, 1.54) is 17.5 Å². The topological polar surface area (TPSA) is 40.5 Å². The Hall–Kier alpha value is -1.35. The van der Waals surface area contributed by atoms with Gasteiger partial charge in [-0.15, -0.1) is 0 Å². The lowest BCUT2D eigenvalue weighted by atomic mass is 9.82. The maximum absolute atomic E-state index is 11.4. The Morgan fingerprint density at radius 3 is 2.68 bits per heavy atom. The van der Waals surface area contributed by atoms with Crippen LogP contribution in [0.4, 0.5) is 0 Å². The number of fused-ring (bicyclic) bond motifs is 1. The van der Waals surface area contributed by atoms with Gasteiger partial charge in [-0.25, -0.2) is 0 Å². The third-order valence-electron chi connectivity index (χ3n) is 4.68. The van der Waals surface area contributed by atoms with Crippen LogP contribution in [0, 0.1) is 5.92 Å². The van der Waals surface area contributed by atoms with Crippen LogP contribution >= 0.6 is 0 Å². The first-order valence-electron chi connectivity index (χ1n) is 7.29. The highest BCUT2D eigenvalue weighted by molar-refractivity contribution is 5.71. The molecule has 0 aromatic heterocycles. The normalized spacial score (nSPS) is 27.8. The minimum Gasteiger partial charge on any atom is -0.481 e. The number of nitrogens with zero attached hydrogens (tertiary/aromatic N) is 1. The summed E-state index contributed by atoms with van der Waals surface area (Å²) in [5.41, 5.74) is 2.81. The Morgan fingerprint density at radius 2 is 1.89 bits per heavy atom. The van der Waals surface area contributed by atoms with Gasteiger partial charge in [-0.05, 0) is 30.4 Å². The van der Waals surface area contributed by atoms with E-state index < -0.39 is 5.97 Å². The lowest BCUT2D eigenvalue weighted by Crippen LogP contribution is -2.47. The van der Waals surface area contributed by atoms with Crippen molar-refractivity contribution >= 4 is 5.97 Å². The molecule has 1 saturated carbocycles. The molecule has 2 unspecified atom stereocenters. The fraction of sp³-hybridized carbons (Fsp3) is 0.562. The molecule has 1 fully saturated rings. The molecule has 3 rings (SSSR count). The largest absolute Gasteiger partial charge is 0.481 e. The van der Waals surface area contributed by atoms with Crippen LogP contribution in [0.5, 0.6) is 0 Å². The van der Waals surface area contributed by atoms with Crippen molar-refractivity contribution in [3.05, 3.63) is 35.4 Å². The SMILES string of the molecule is O=C(O)C1CCCCC1N1CCc2ccccc2C1. The van der Waals surface area contributed by atoms with E-state index in [1.807, 2.05) is 0 Å². The van der Waals surface area contributed by atoms with Gasteiger partial charge in [-0.2, -0.15) is 0 Å². The van der Waals surface area contributed by atoms with Crippen LogP contribution < -0.4 is 0 Å². The number of carboxylic acid groups (broad SMARTS) is 1. The summed E-state index contributed by atoms with van der Waals surface area (Å²) in [6.45, 7) is 1.93. The number of rotatable bonds is 2. The van der Waals surface area contributed by atoms with Crippen molar-refractivity contribution in [1.82, 2.24) is 4.90 Å². The van der Waals surface area contributed by atoms with E-state index in [1.54, 1.807) is 0 Å². The summed E-state index contributed by atoms with van der Waals surface area (Å²) >= 11 is 0. The smallest absolute Gasteiger partial charge is 0.308 e. The van der Waals surface area contributed by atoms with E-state index in [0.717, 1.165) is 38.8 Å². The molecule has 1 aromatic rings. The average Bonchev–Trinajstić information content (AvgIpc) is 2.46. The van der Waals surface area contributed by atoms with Crippen molar-refractivity contribution in [2.24, 2.45) is 5.92 Å². The summed E-state index contributed by atoms with van der Waals surface area (Å²) in [7, 11) is 0. The molecule has 1 aliphatic heterocycles. The van der Waals surface area contributed by atoms with Gasteiger partial charge in [0.05, 0.1) is 5.92 Å². The maximum Gasteiger partial charge on any atom is 0.308 e. The number of aliphatic carboxylic acids is 1. The van der Waals surface area contributed by atoms with E-state index in [-0.39, 0.29) is 12.0 Å². The molecule has 3 heteroatoms. The molecule has 0 saturated heterocycles. The van der Waals surface area contributed by atoms with Gasteiger partial charge in [0.2, 0.25) is 0 Å². The zero-order valence-electron chi connectivity index (χ0n) is 11.2. The fourth-order valence-electron chi connectivity index (χ4n) is 3.64. The molecule has 19 heavy (non-hydrogen) atoms. The van der Waals surface area contributed by atoms with Crippen molar-refractivity contribution in [2.45, 2.75) is 44.7 Å². The molecule has 2 aliphatic rings. The van der Waals surface area contributed by atoms with Crippen LogP contribution in [0.1, 0.15) is 36.8 Å². The Bertz CT molecular complexity index is 472. The van der Waals surface area contributed by atoms with Crippen LogP contribution in [0.15, 0.2) is 24.3 Å². The van der Waals surface area contributed by atoms with Crippen LogP contribution in [-0.2, 0) is 17.8 Å². The summed E-state index contributed by atoms with van der Waals surface area (Å²) in [5.74, 6) is -0.775. The molecular weight excluding hydrogens is 238 g/mol. The van der Waals surface area contributed by atoms with Crippen LogP contribution in [0.2, 0.25) is 0 Å². The number of carboxylic acids is 1. The minimum atomic E-state index is -0.608. The Kier molecular flexibility index (Phi) is 3.56. The van der Waals surface area contributed by atoms with Gasteiger partial charge in [-0.1, -0.05) is 37.1 Å². The van der Waals surface area contributed by atoms with E-state index in [0.29, 0.717) is 0 Å². The standard InChI is InChI=1S/C16H21NO2/c18-16(19)14-7-3-4-8-15(14)17-10-9-12-5-1-2-6-13(12)11-17/h1-2,5-6,14-15H,3-4,7-11H2,(H,18,19). The number of carbonyl (C=O) groups is 1. The molecule has 1 N–H and O–H groups in total. The van der Waals surface area contributed by atoms with Crippen LogP contribution in [-0.4, -0.2) is 28.6 Å². The quantitative estimate of drug-likeness (QED) is 0.887. The van der Waals surface area contributed by atoms with Crippen LogP contribution in [0.3, 0.4) is 0 Å². The minimum absolute atomic E-state index is 0.168. The zero-order chi connectivity index (χ0) is 13.2. The van der Waals surface area contributed by atoms with Crippen molar-refractivity contribution in [3.63, 3.8) is 0 Å². The third-order valence-corrected chi connectivity index (χ3v) is 4.68. The molecule has 102 valence electrons. The van der Waals surface area contributed by atoms with Gasteiger partial charge in [0.25, 0.3) is 0 Å². The number of benzene rings is 1. The summed E-state index contributed by atoms with van der Waals surface area (Å²) in [6.07, 6.45) is 5.18. The molecule has 0 amide bonds. The molecule has 0 spiro atoms. The maximum atomic E-state index is 11.4. The van der Waals surface area contributed by atoms with Gasteiger partial charge in [0.15, 0.2) is 0 Å². The summed E-state index contributed by atoms with van der Waals surface area (Å²) in [4.78, 5) is 13.8. The predicted octanol–water partition coefficient (Wildman–Crippen LogP) is 2.69. The lowest BCUT2D eigenvalue weighted by molar-refractivity contribution is -0.145. The monoisotopic (exact) mass is 259 g/mol. The van der Waals surface area contributed by atoms with Crippen molar-refractivity contribution in [3.8, 4) is 0 Å². The summed E-state index contributed by atoms with van der Waals surface area (Å²) in [6, 6.07) is 8.79. The second-order valence-corrected chi connectivity index (χ2v) is 5.79. The van der Waals surface area contributed by atoms with Gasteiger partial charge >= 0.3 is 5.97 Å². The Labute approximate surface area is 114 Å². The van der Waals surface area contributed by atoms with Crippen molar-refractivity contribution < 1.29 is 9.90 Å². The predicted molar refractivity (Wildman–Crippen MR) is 73.9 cm³/mol. The fourth-order valence-corrected chi connectivity index (χ4v) is 3.64.